The number of alkyl halides is 3. The van der Waals surface area contributed by atoms with Crippen molar-refractivity contribution in [2.45, 2.75) is 43.1 Å². The minimum absolute atomic E-state index is 0.112. The van der Waals surface area contributed by atoms with Crippen LogP contribution in [-0.2, 0) is 20.7 Å². The Morgan fingerprint density at radius 1 is 1.07 bits per heavy atom. The summed E-state index contributed by atoms with van der Waals surface area (Å²) in [6.07, 6.45) is -5.53. The van der Waals surface area contributed by atoms with E-state index in [-0.39, 0.29) is 37.0 Å². The molecule has 3 aromatic carbocycles. The number of halogens is 6. The molecule has 5 N–H and O–H groups in total. The SMILES string of the molecule is N[C@H](C(=O)Nc1cccc(F)c1CC[C@@H]1CN[C@H](COC(=O)NCC(F)(F)F)CO1)[C@H](c1ccc(F)cc1)c1cccc(Cl)c1. The van der Waals surface area contributed by atoms with Crippen molar-refractivity contribution >= 4 is 29.3 Å². The van der Waals surface area contributed by atoms with Gasteiger partial charge in [0.2, 0.25) is 5.91 Å². The van der Waals surface area contributed by atoms with Gasteiger partial charge in [0.25, 0.3) is 0 Å². The number of hydrogen-bond acceptors (Lipinski definition) is 6. The van der Waals surface area contributed by atoms with Crippen LogP contribution in [0.5, 0.6) is 0 Å². The average molecular weight is 655 g/mol. The van der Waals surface area contributed by atoms with Crippen LogP contribution >= 0.6 is 11.6 Å². The summed E-state index contributed by atoms with van der Waals surface area (Å²) in [6.45, 7) is -1.27. The van der Waals surface area contributed by atoms with Gasteiger partial charge in [0.15, 0.2) is 0 Å². The molecule has 0 spiro atoms. The van der Waals surface area contributed by atoms with Crippen molar-refractivity contribution in [3.63, 3.8) is 0 Å². The summed E-state index contributed by atoms with van der Waals surface area (Å²) in [5.41, 5.74) is 8.19. The van der Waals surface area contributed by atoms with Crippen LogP contribution in [0.4, 0.5) is 32.4 Å². The third kappa shape index (κ3) is 10.1. The van der Waals surface area contributed by atoms with Crippen molar-refractivity contribution < 1.29 is 41.0 Å². The van der Waals surface area contributed by atoms with Crippen molar-refractivity contribution in [2.24, 2.45) is 5.73 Å². The number of carbonyl (C=O) groups excluding carboxylic acids is 2. The molecule has 1 aliphatic heterocycles. The van der Waals surface area contributed by atoms with E-state index in [1.807, 2.05) is 0 Å². The highest BCUT2D eigenvalue weighted by Crippen LogP contribution is 2.31. The van der Waals surface area contributed by atoms with Crippen LogP contribution in [0.25, 0.3) is 0 Å². The topological polar surface area (TPSA) is 115 Å². The van der Waals surface area contributed by atoms with Crippen LogP contribution < -0.4 is 21.7 Å². The normalized spacial score (nSPS) is 18.1. The van der Waals surface area contributed by atoms with Crippen molar-refractivity contribution in [3.8, 4) is 0 Å². The third-order valence-corrected chi connectivity index (χ3v) is 7.44. The molecule has 4 atom stereocenters. The van der Waals surface area contributed by atoms with E-state index < -0.39 is 54.4 Å². The molecule has 242 valence electrons. The van der Waals surface area contributed by atoms with Crippen molar-refractivity contribution in [1.82, 2.24) is 10.6 Å². The minimum atomic E-state index is -4.55. The first kappa shape index (κ1) is 34.1. The first-order valence-electron chi connectivity index (χ1n) is 14.1. The molecule has 4 rings (SSSR count). The molecule has 1 saturated heterocycles. The number of rotatable bonds is 11. The highest BCUT2D eigenvalue weighted by Gasteiger charge is 2.30. The number of nitrogens with two attached hydrogens (primary N) is 1. The van der Waals surface area contributed by atoms with Crippen LogP contribution in [0.1, 0.15) is 29.0 Å². The minimum Gasteiger partial charge on any atom is -0.448 e. The zero-order valence-corrected chi connectivity index (χ0v) is 24.6. The number of anilines is 1. The Morgan fingerprint density at radius 3 is 2.47 bits per heavy atom. The molecule has 0 aliphatic carbocycles. The number of carbonyl (C=O) groups is 2. The lowest BCUT2D eigenvalue weighted by Crippen LogP contribution is -2.49. The summed E-state index contributed by atoms with van der Waals surface area (Å²) >= 11 is 6.20. The van der Waals surface area contributed by atoms with E-state index in [9.17, 15) is 31.5 Å². The van der Waals surface area contributed by atoms with Gasteiger partial charge in [-0.1, -0.05) is 41.9 Å². The zero-order valence-electron chi connectivity index (χ0n) is 23.9. The number of alkyl carbamates (subject to hydrolysis) is 1. The second-order valence-corrected chi connectivity index (χ2v) is 11.0. The van der Waals surface area contributed by atoms with Crippen LogP contribution in [0, 0.1) is 11.6 Å². The molecule has 0 aromatic heterocycles. The van der Waals surface area contributed by atoms with E-state index in [1.165, 1.54) is 24.3 Å². The summed E-state index contributed by atoms with van der Waals surface area (Å²) in [6, 6.07) is 15.2. The summed E-state index contributed by atoms with van der Waals surface area (Å²) in [7, 11) is 0. The van der Waals surface area contributed by atoms with Gasteiger partial charge < -0.3 is 31.2 Å². The molecule has 1 heterocycles. The number of morpholine rings is 1. The first-order valence-corrected chi connectivity index (χ1v) is 14.4. The monoisotopic (exact) mass is 654 g/mol. The Kier molecular flexibility index (Phi) is 11.7. The molecule has 45 heavy (non-hydrogen) atoms. The molecule has 0 saturated carbocycles. The predicted molar refractivity (Wildman–Crippen MR) is 158 cm³/mol. The van der Waals surface area contributed by atoms with Crippen LogP contribution in [0.3, 0.4) is 0 Å². The number of nitrogens with one attached hydrogen (secondary N) is 3. The molecule has 8 nitrogen and oxygen atoms in total. The first-order chi connectivity index (χ1) is 21.4. The maximum absolute atomic E-state index is 15.0. The molecule has 0 radical (unpaired) electrons. The highest BCUT2D eigenvalue weighted by atomic mass is 35.5. The largest absolute Gasteiger partial charge is 0.448 e. The van der Waals surface area contributed by atoms with E-state index in [1.54, 1.807) is 47.8 Å². The standard InChI is InChI=1S/C31H32ClF5N4O4/c32-20-4-1-3-19(13-20)27(18-7-9-21(33)10-8-18)28(38)29(42)41-26-6-2-5-25(34)24(26)12-11-23-14-39-22(15-44-23)16-45-30(43)40-17-31(35,36)37/h1-10,13,22-23,27-28,39H,11-12,14-17,38H2,(H,40,43)(H,41,42)/t22-,23+,27+,28-/m0/s1. The summed E-state index contributed by atoms with van der Waals surface area (Å²) < 4.78 is 75.9. The molecule has 1 aliphatic rings. The van der Waals surface area contributed by atoms with E-state index in [4.69, 9.17) is 26.8 Å². The van der Waals surface area contributed by atoms with E-state index in [0.29, 0.717) is 29.1 Å². The van der Waals surface area contributed by atoms with Crippen LogP contribution in [-0.4, -0.2) is 62.7 Å². The van der Waals surface area contributed by atoms with Gasteiger partial charge in [-0.3, -0.25) is 4.79 Å². The molecule has 3 aromatic rings. The van der Waals surface area contributed by atoms with Crippen molar-refractivity contribution in [2.75, 3.05) is 31.6 Å². The van der Waals surface area contributed by atoms with Gasteiger partial charge in [0.1, 0.15) is 24.8 Å². The second-order valence-electron chi connectivity index (χ2n) is 10.5. The molecular weight excluding hydrogens is 623 g/mol. The summed E-state index contributed by atoms with van der Waals surface area (Å²) in [5, 5.41) is 7.90. The zero-order chi connectivity index (χ0) is 32.6. The van der Waals surface area contributed by atoms with Gasteiger partial charge in [0, 0.05) is 28.7 Å². The lowest BCUT2D eigenvalue weighted by Gasteiger charge is -2.30. The number of benzene rings is 3. The Hall–Kier alpha value is -3.78. The highest BCUT2D eigenvalue weighted by molar-refractivity contribution is 6.30. The van der Waals surface area contributed by atoms with Crippen molar-refractivity contribution in [3.05, 3.63) is 100 Å². The molecule has 2 amide bonds. The fourth-order valence-electron chi connectivity index (χ4n) is 4.94. The van der Waals surface area contributed by atoms with E-state index >= 15 is 0 Å². The molecule has 0 bridgehead atoms. The van der Waals surface area contributed by atoms with Gasteiger partial charge in [-0.15, -0.1) is 0 Å². The average Bonchev–Trinajstić information content (AvgIpc) is 3.00. The molecule has 14 heteroatoms. The molecule has 0 unspecified atom stereocenters. The van der Waals surface area contributed by atoms with Gasteiger partial charge in [-0.05, 0) is 60.4 Å². The fraction of sp³-hybridized carbons (Fsp3) is 0.355. The predicted octanol–water partition coefficient (Wildman–Crippen LogP) is 5.29. The lowest BCUT2D eigenvalue weighted by molar-refractivity contribution is -0.124. The van der Waals surface area contributed by atoms with Crippen LogP contribution in [0.2, 0.25) is 5.02 Å². The Morgan fingerprint density at radius 2 is 1.80 bits per heavy atom. The lowest BCUT2D eigenvalue weighted by atomic mass is 9.85. The number of amides is 2. The number of ether oxygens (including phenoxy) is 2. The quantitative estimate of drug-likeness (QED) is 0.209. The number of hydrogen-bond donors (Lipinski definition) is 4. The summed E-state index contributed by atoms with van der Waals surface area (Å²) in [4.78, 5) is 24.9. The van der Waals surface area contributed by atoms with Gasteiger partial charge >= 0.3 is 12.3 Å². The van der Waals surface area contributed by atoms with Gasteiger partial charge in [-0.25, -0.2) is 13.6 Å². The second kappa shape index (κ2) is 15.5. The third-order valence-electron chi connectivity index (χ3n) is 7.21. The van der Waals surface area contributed by atoms with Crippen molar-refractivity contribution in [1.29, 1.82) is 0 Å². The maximum Gasteiger partial charge on any atom is 0.407 e. The Bertz CT molecular complexity index is 1450. The summed E-state index contributed by atoms with van der Waals surface area (Å²) in [5.74, 6) is -2.25. The Balaban J connectivity index is 1.36. The van der Waals surface area contributed by atoms with Gasteiger partial charge in [-0.2, -0.15) is 13.2 Å². The smallest absolute Gasteiger partial charge is 0.407 e. The maximum atomic E-state index is 15.0. The van der Waals surface area contributed by atoms with E-state index in [0.717, 1.165) is 0 Å². The Labute approximate surface area is 261 Å². The van der Waals surface area contributed by atoms with E-state index in [2.05, 4.69) is 10.6 Å². The van der Waals surface area contributed by atoms with Gasteiger partial charge in [0.05, 0.1) is 24.8 Å². The fourth-order valence-corrected chi connectivity index (χ4v) is 5.14. The van der Waals surface area contributed by atoms with Crippen LogP contribution in [0.15, 0.2) is 66.7 Å². The molecular formula is C31H32ClF5N4O4. The molecule has 1 fully saturated rings.